The van der Waals surface area contributed by atoms with Crippen LogP contribution in [-0.4, -0.2) is 54.1 Å². The van der Waals surface area contributed by atoms with E-state index < -0.39 is 0 Å². The number of aliphatic hydroxyl groups excluding tert-OH is 1. The van der Waals surface area contributed by atoms with E-state index in [9.17, 15) is 14.7 Å². The number of anilines is 1. The molecule has 1 fully saturated rings. The van der Waals surface area contributed by atoms with E-state index in [1.165, 1.54) is 0 Å². The average molecular weight is 333 g/mol. The predicted octanol–water partition coefficient (Wildman–Crippen LogP) is 1.47. The molecule has 2 rings (SSSR count). The van der Waals surface area contributed by atoms with Crippen molar-refractivity contribution < 1.29 is 14.7 Å². The molecule has 0 radical (unpaired) electrons. The number of carbonyl (C=O) groups excluding carboxylic acids is 2. The number of piperidine rings is 1. The van der Waals surface area contributed by atoms with Gasteiger partial charge in [-0.05, 0) is 30.9 Å². The van der Waals surface area contributed by atoms with Gasteiger partial charge in [0, 0.05) is 19.6 Å². The molecule has 1 heterocycles. The van der Waals surface area contributed by atoms with E-state index in [0.29, 0.717) is 49.6 Å². The summed E-state index contributed by atoms with van der Waals surface area (Å²) in [6.07, 6.45) is 1.14. The molecule has 0 bridgehead atoms. The quantitative estimate of drug-likeness (QED) is 0.736. The standard InChI is InChI=1S/C18H27N3O3/c1-13(2)11-19-18(24)15-5-3-4-6-16(15)20-17(23)12-21-9-7-14(22)8-10-21/h3-6,13-14,22H,7-12H2,1-2H3,(H,19,24)(H,20,23). The molecule has 1 aliphatic rings. The Morgan fingerprint density at radius 1 is 1.25 bits per heavy atom. The third-order valence-electron chi connectivity index (χ3n) is 4.04. The Morgan fingerprint density at radius 2 is 1.92 bits per heavy atom. The second-order valence-electron chi connectivity index (χ2n) is 6.70. The number of likely N-dealkylation sites (tertiary alicyclic amines) is 1. The van der Waals surface area contributed by atoms with Gasteiger partial charge in [-0.15, -0.1) is 0 Å². The van der Waals surface area contributed by atoms with Crippen molar-refractivity contribution in [3.63, 3.8) is 0 Å². The first-order valence-corrected chi connectivity index (χ1v) is 8.53. The number of para-hydroxylation sites is 1. The molecule has 2 amide bonds. The van der Waals surface area contributed by atoms with Crippen LogP contribution in [0.2, 0.25) is 0 Å². The van der Waals surface area contributed by atoms with Gasteiger partial charge < -0.3 is 15.7 Å². The molecule has 24 heavy (non-hydrogen) atoms. The molecule has 1 aliphatic heterocycles. The van der Waals surface area contributed by atoms with Gasteiger partial charge in [0.05, 0.1) is 23.9 Å². The molecule has 0 aliphatic carbocycles. The molecule has 0 saturated carbocycles. The number of nitrogens with one attached hydrogen (secondary N) is 2. The molecule has 1 aromatic rings. The van der Waals surface area contributed by atoms with Crippen LogP contribution in [0.4, 0.5) is 5.69 Å². The van der Waals surface area contributed by atoms with E-state index in [-0.39, 0.29) is 24.5 Å². The van der Waals surface area contributed by atoms with Crippen LogP contribution in [0.15, 0.2) is 24.3 Å². The van der Waals surface area contributed by atoms with E-state index in [0.717, 1.165) is 0 Å². The van der Waals surface area contributed by atoms with Crippen LogP contribution in [0.5, 0.6) is 0 Å². The summed E-state index contributed by atoms with van der Waals surface area (Å²) in [5.41, 5.74) is 1.00. The van der Waals surface area contributed by atoms with Crippen LogP contribution in [0.1, 0.15) is 37.0 Å². The average Bonchev–Trinajstić information content (AvgIpc) is 2.55. The molecular weight excluding hydrogens is 306 g/mol. The van der Waals surface area contributed by atoms with Crippen LogP contribution in [0.3, 0.4) is 0 Å². The van der Waals surface area contributed by atoms with Crippen molar-refractivity contribution >= 4 is 17.5 Å². The fourth-order valence-corrected chi connectivity index (χ4v) is 2.65. The first-order valence-electron chi connectivity index (χ1n) is 8.53. The van der Waals surface area contributed by atoms with Gasteiger partial charge in [0.25, 0.3) is 5.91 Å². The Bertz CT molecular complexity index is 566. The molecule has 132 valence electrons. The maximum atomic E-state index is 12.3. The lowest BCUT2D eigenvalue weighted by Crippen LogP contribution is -2.40. The van der Waals surface area contributed by atoms with Crippen molar-refractivity contribution in [2.24, 2.45) is 5.92 Å². The second kappa shape index (κ2) is 8.80. The fourth-order valence-electron chi connectivity index (χ4n) is 2.65. The van der Waals surface area contributed by atoms with Crippen molar-refractivity contribution in [2.75, 3.05) is 31.5 Å². The highest BCUT2D eigenvalue weighted by Crippen LogP contribution is 2.16. The van der Waals surface area contributed by atoms with Gasteiger partial charge in [-0.25, -0.2) is 0 Å². The monoisotopic (exact) mass is 333 g/mol. The van der Waals surface area contributed by atoms with Crippen molar-refractivity contribution in [3.8, 4) is 0 Å². The summed E-state index contributed by atoms with van der Waals surface area (Å²) in [7, 11) is 0. The molecule has 6 heteroatoms. The van der Waals surface area contributed by atoms with Crippen molar-refractivity contribution in [1.82, 2.24) is 10.2 Å². The molecule has 0 unspecified atom stereocenters. The lowest BCUT2D eigenvalue weighted by molar-refractivity contribution is -0.117. The van der Waals surface area contributed by atoms with Gasteiger partial charge in [0.2, 0.25) is 5.91 Å². The summed E-state index contributed by atoms with van der Waals surface area (Å²) < 4.78 is 0. The summed E-state index contributed by atoms with van der Waals surface area (Å²) in [5.74, 6) is 0.0429. The maximum absolute atomic E-state index is 12.3. The molecule has 0 spiro atoms. The van der Waals surface area contributed by atoms with Gasteiger partial charge in [0.1, 0.15) is 0 Å². The summed E-state index contributed by atoms with van der Waals surface area (Å²) in [4.78, 5) is 26.6. The Labute approximate surface area is 143 Å². The number of benzene rings is 1. The molecule has 6 nitrogen and oxygen atoms in total. The fraction of sp³-hybridized carbons (Fsp3) is 0.556. The Hall–Kier alpha value is -1.92. The van der Waals surface area contributed by atoms with Gasteiger partial charge in [-0.2, -0.15) is 0 Å². The highest BCUT2D eigenvalue weighted by atomic mass is 16.3. The molecule has 1 aromatic carbocycles. The van der Waals surface area contributed by atoms with Gasteiger partial charge in [-0.1, -0.05) is 26.0 Å². The molecule has 0 atom stereocenters. The van der Waals surface area contributed by atoms with Crippen molar-refractivity contribution in [1.29, 1.82) is 0 Å². The normalized spacial score (nSPS) is 16.2. The maximum Gasteiger partial charge on any atom is 0.253 e. The van der Waals surface area contributed by atoms with Gasteiger partial charge >= 0.3 is 0 Å². The zero-order valence-corrected chi connectivity index (χ0v) is 14.4. The summed E-state index contributed by atoms with van der Waals surface area (Å²) in [5, 5.41) is 15.2. The van der Waals surface area contributed by atoms with Crippen LogP contribution < -0.4 is 10.6 Å². The highest BCUT2D eigenvalue weighted by molar-refractivity contribution is 6.04. The number of hydrogen-bond acceptors (Lipinski definition) is 4. The van der Waals surface area contributed by atoms with Crippen molar-refractivity contribution in [2.45, 2.75) is 32.8 Å². The zero-order chi connectivity index (χ0) is 17.5. The number of hydrogen-bond donors (Lipinski definition) is 3. The first kappa shape index (κ1) is 18.4. The van der Waals surface area contributed by atoms with Crippen molar-refractivity contribution in [3.05, 3.63) is 29.8 Å². The first-order chi connectivity index (χ1) is 11.5. The number of amides is 2. The van der Waals surface area contributed by atoms with E-state index in [4.69, 9.17) is 0 Å². The predicted molar refractivity (Wildman–Crippen MR) is 93.9 cm³/mol. The van der Waals surface area contributed by atoms with E-state index in [1.807, 2.05) is 18.7 Å². The Kier molecular flexibility index (Phi) is 6.75. The third kappa shape index (κ3) is 5.62. The smallest absolute Gasteiger partial charge is 0.253 e. The summed E-state index contributed by atoms with van der Waals surface area (Å²) >= 11 is 0. The number of aliphatic hydroxyl groups is 1. The SMILES string of the molecule is CC(C)CNC(=O)c1ccccc1NC(=O)CN1CCC(O)CC1. The Morgan fingerprint density at radius 3 is 2.58 bits per heavy atom. The topological polar surface area (TPSA) is 81.7 Å². The van der Waals surface area contributed by atoms with Crippen LogP contribution in [0.25, 0.3) is 0 Å². The number of nitrogens with zero attached hydrogens (tertiary/aromatic N) is 1. The van der Waals surface area contributed by atoms with Crippen LogP contribution in [0, 0.1) is 5.92 Å². The lowest BCUT2D eigenvalue weighted by atomic mass is 10.1. The summed E-state index contributed by atoms with van der Waals surface area (Å²) in [6.45, 7) is 6.36. The highest BCUT2D eigenvalue weighted by Gasteiger charge is 2.20. The molecular formula is C18H27N3O3. The third-order valence-corrected chi connectivity index (χ3v) is 4.04. The number of rotatable bonds is 6. The minimum atomic E-state index is -0.255. The minimum absolute atomic E-state index is 0.143. The molecule has 1 saturated heterocycles. The van der Waals surface area contributed by atoms with Crippen LogP contribution in [-0.2, 0) is 4.79 Å². The zero-order valence-electron chi connectivity index (χ0n) is 14.4. The lowest BCUT2D eigenvalue weighted by Gasteiger charge is -2.28. The van der Waals surface area contributed by atoms with Gasteiger partial charge in [0.15, 0.2) is 0 Å². The summed E-state index contributed by atoms with van der Waals surface area (Å²) in [6, 6.07) is 7.03. The van der Waals surface area contributed by atoms with Gasteiger partial charge in [-0.3, -0.25) is 14.5 Å². The van der Waals surface area contributed by atoms with E-state index in [1.54, 1.807) is 24.3 Å². The van der Waals surface area contributed by atoms with E-state index >= 15 is 0 Å². The number of carbonyl (C=O) groups is 2. The van der Waals surface area contributed by atoms with Crippen LogP contribution >= 0.6 is 0 Å². The second-order valence-corrected chi connectivity index (χ2v) is 6.70. The Balaban J connectivity index is 1.94. The minimum Gasteiger partial charge on any atom is -0.393 e. The molecule has 3 N–H and O–H groups in total. The largest absolute Gasteiger partial charge is 0.393 e. The molecule has 0 aromatic heterocycles. The van der Waals surface area contributed by atoms with E-state index in [2.05, 4.69) is 10.6 Å².